The molecule has 1 N–H and O–H groups in total. The van der Waals surface area contributed by atoms with Crippen molar-refractivity contribution in [3.05, 3.63) is 69.5 Å². The van der Waals surface area contributed by atoms with Crippen LogP contribution in [0.1, 0.15) is 45.4 Å². The number of hydrogen-bond donors (Lipinski definition) is 1. The average Bonchev–Trinajstić information content (AvgIpc) is 3.65. The first kappa shape index (κ1) is 24.8. The minimum absolute atomic E-state index is 0.0383. The first-order valence-corrected chi connectivity index (χ1v) is 12.6. The number of carbonyl (C=O) groups excluding carboxylic acids is 1. The van der Waals surface area contributed by atoms with Crippen molar-refractivity contribution in [3.63, 3.8) is 0 Å². The molecule has 1 aliphatic carbocycles. The highest BCUT2D eigenvalue weighted by Crippen LogP contribution is 2.37. The molecule has 12 nitrogen and oxygen atoms in total. The number of hydrogen-bond acceptors (Lipinski definition) is 9. The lowest BCUT2D eigenvalue weighted by Gasteiger charge is -2.35. The second kappa shape index (κ2) is 9.66. The molecule has 0 spiro atoms. The number of piperazine rings is 1. The number of nitrogens with zero attached hydrogens (tertiary/aromatic N) is 8. The van der Waals surface area contributed by atoms with Gasteiger partial charge in [-0.3, -0.25) is 14.5 Å². The van der Waals surface area contributed by atoms with E-state index in [4.69, 9.17) is 0 Å². The molecule has 4 heterocycles. The predicted molar refractivity (Wildman–Crippen MR) is 138 cm³/mol. The summed E-state index contributed by atoms with van der Waals surface area (Å²) in [5.41, 5.74) is 0.913. The van der Waals surface area contributed by atoms with Gasteiger partial charge in [0.05, 0.1) is 17.6 Å². The van der Waals surface area contributed by atoms with Crippen LogP contribution in [0.3, 0.4) is 0 Å². The smallest absolute Gasteiger partial charge is 0.341 e. The molecule has 0 unspecified atom stereocenters. The van der Waals surface area contributed by atoms with Crippen molar-refractivity contribution in [2.24, 2.45) is 0 Å². The van der Waals surface area contributed by atoms with Gasteiger partial charge in [-0.2, -0.15) is 4.68 Å². The number of anilines is 1. The van der Waals surface area contributed by atoms with Crippen molar-refractivity contribution in [1.82, 2.24) is 34.7 Å². The van der Waals surface area contributed by atoms with Gasteiger partial charge in [-0.1, -0.05) is 17.7 Å². The maximum absolute atomic E-state index is 15.2. The van der Waals surface area contributed by atoms with Gasteiger partial charge in [-0.15, -0.1) is 5.10 Å². The van der Waals surface area contributed by atoms with Gasteiger partial charge in [0.15, 0.2) is 11.6 Å². The van der Waals surface area contributed by atoms with Crippen LogP contribution in [0.15, 0.2) is 41.3 Å². The van der Waals surface area contributed by atoms with E-state index in [0.717, 1.165) is 24.5 Å². The number of tetrazole rings is 1. The molecular weight excluding hydrogens is 507 g/mol. The fourth-order valence-electron chi connectivity index (χ4n) is 4.86. The molecule has 39 heavy (non-hydrogen) atoms. The van der Waals surface area contributed by atoms with Crippen molar-refractivity contribution >= 4 is 28.6 Å². The predicted octanol–water partition coefficient (Wildman–Crippen LogP) is 1.86. The van der Waals surface area contributed by atoms with Crippen LogP contribution in [0.4, 0.5) is 10.2 Å². The van der Waals surface area contributed by atoms with Crippen LogP contribution in [-0.4, -0.2) is 84.2 Å². The minimum atomic E-state index is -1.35. The number of fused-ring (bicyclic) bond motifs is 1. The van der Waals surface area contributed by atoms with Crippen LogP contribution in [0.25, 0.3) is 16.7 Å². The van der Waals surface area contributed by atoms with E-state index in [1.54, 1.807) is 9.47 Å². The number of carboxylic acid groups (broad SMARTS) is 1. The third-order valence-corrected chi connectivity index (χ3v) is 7.15. The number of aromatic nitrogens is 6. The molecule has 1 aliphatic heterocycles. The summed E-state index contributed by atoms with van der Waals surface area (Å²) >= 11 is 0. The largest absolute Gasteiger partial charge is 0.477 e. The summed E-state index contributed by atoms with van der Waals surface area (Å²) in [6.07, 6.45) is 2.99. The van der Waals surface area contributed by atoms with E-state index in [9.17, 15) is 19.5 Å². The zero-order chi connectivity index (χ0) is 27.3. The van der Waals surface area contributed by atoms with E-state index in [0.29, 0.717) is 31.9 Å². The number of aryl methyl sites for hydroxylation is 1. The Kier molecular flexibility index (Phi) is 6.14. The van der Waals surface area contributed by atoms with Crippen LogP contribution in [0.5, 0.6) is 0 Å². The van der Waals surface area contributed by atoms with Gasteiger partial charge in [-0.05, 0) is 48.4 Å². The van der Waals surface area contributed by atoms with Crippen molar-refractivity contribution in [2.45, 2.75) is 25.8 Å². The molecule has 1 saturated carbocycles. The van der Waals surface area contributed by atoms with Crippen LogP contribution in [0, 0.1) is 12.7 Å². The monoisotopic (exact) mass is 532 g/mol. The number of benzene rings is 1. The van der Waals surface area contributed by atoms with Gasteiger partial charge >= 0.3 is 5.97 Å². The highest BCUT2D eigenvalue weighted by atomic mass is 19.1. The molecule has 0 atom stereocenters. The summed E-state index contributed by atoms with van der Waals surface area (Å²) in [4.78, 5) is 45.5. The molecule has 6 rings (SSSR count). The maximum Gasteiger partial charge on any atom is 0.341 e. The summed E-state index contributed by atoms with van der Waals surface area (Å²) in [7, 11) is 0. The lowest BCUT2D eigenvalue weighted by Crippen LogP contribution is -2.48. The van der Waals surface area contributed by atoms with Crippen molar-refractivity contribution in [2.75, 3.05) is 37.6 Å². The fourth-order valence-corrected chi connectivity index (χ4v) is 4.86. The number of pyridine rings is 2. The lowest BCUT2D eigenvalue weighted by atomic mass is 10.1. The quantitative estimate of drug-likeness (QED) is 0.351. The van der Waals surface area contributed by atoms with E-state index >= 15 is 4.39 Å². The number of carbonyl (C=O) groups is 2. The normalized spacial score (nSPS) is 16.1. The third-order valence-electron chi connectivity index (χ3n) is 7.15. The van der Waals surface area contributed by atoms with Gasteiger partial charge in [-0.25, -0.2) is 14.2 Å². The van der Waals surface area contributed by atoms with Gasteiger partial charge in [0, 0.05) is 38.4 Å². The topological polar surface area (TPSA) is 139 Å². The number of aromatic carboxylic acids is 1. The summed E-state index contributed by atoms with van der Waals surface area (Å²) in [6.45, 7) is 3.84. The zero-order valence-corrected chi connectivity index (χ0v) is 21.1. The van der Waals surface area contributed by atoms with Gasteiger partial charge < -0.3 is 14.6 Å². The number of carboxylic acids is 1. The average molecular weight is 533 g/mol. The number of halogens is 1. The molecule has 3 aromatic heterocycles. The maximum atomic E-state index is 15.2. The van der Waals surface area contributed by atoms with Gasteiger partial charge in [0.2, 0.25) is 17.0 Å². The Hall–Kier alpha value is -4.52. The first-order chi connectivity index (χ1) is 18.8. The summed E-state index contributed by atoms with van der Waals surface area (Å²) < 4.78 is 18.3. The van der Waals surface area contributed by atoms with E-state index in [1.807, 2.05) is 36.1 Å². The Morgan fingerprint density at radius 1 is 1.10 bits per heavy atom. The van der Waals surface area contributed by atoms with Crippen LogP contribution >= 0.6 is 0 Å². The van der Waals surface area contributed by atoms with Crippen molar-refractivity contribution in [3.8, 4) is 5.69 Å². The molecule has 0 radical (unpaired) electrons. The molecule has 200 valence electrons. The SMILES string of the molecule is Cc1ccc(-n2nnnc2C(=O)CN2CCN(c3nc4c(cc3F)c(=O)c(C(=O)O)cn4C3CC3)CC2)cc1. The highest BCUT2D eigenvalue weighted by molar-refractivity contribution is 5.94. The fraction of sp³-hybridized carbons (Fsp3) is 0.346. The first-order valence-electron chi connectivity index (χ1n) is 12.6. The standard InChI is InChI=1S/C26H25FN8O4/c1-15-2-4-17(5-3-15)35-25(29-30-31-35)21(36)14-32-8-10-33(11-9-32)24-20(27)12-18-22(37)19(26(38)39)13-34(16-6-7-16)23(18)28-24/h2-5,12-13,16H,6-11,14H2,1H3,(H,38,39). The molecule has 4 aromatic rings. The molecule has 1 aromatic carbocycles. The van der Waals surface area contributed by atoms with E-state index in [-0.39, 0.29) is 41.0 Å². The number of ketones is 1. The molecule has 2 aliphatic rings. The summed E-state index contributed by atoms with van der Waals surface area (Å²) in [5.74, 6) is -2.02. The van der Waals surface area contributed by atoms with Crippen LogP contribution in [-0.2, 0) is 0 Å². The molecule has 13 heteroatoms. The number of rotatable bonds is 7. The molecule has 2 fully saturated rings. The Bertz CT molecular complexity index is 1650. The Balaban J connectivity index is 1.19. The Labute approximate surface area is 221 Å². The molecular formula is C26H25FN8O4. The second-order valence-electron chi connectivity index (χ2n) is 9.92. The number of Topliss-reactive ketones (excluding diaryl/α,β-unsaturated/α-hetero) is 1. The van der Waals surface area contributed by atoms with Gasteiger partial charge in [0.25, 0.3) is 0 Å². The van der Waals surface area contributed by atoms with Gasteiger partial charge in [0.1, 0.15) is 11.2 Å². The van der Waals surface area contributed by atoms with E-state index in [2.05, 4.69) is 20.5 Å². The summed E-state index contributed by atoms with van der Waals surface area (Å²) in [5, 5.41) is 21.0. The second-order valence-corrected chi connectivity index (χ2v) is 9.92. The highest BCUT2D eigenvalue weighted by Gasteiger charge is 2.30. The third kappa shape index (κ3) is 4.65. The minimum Gasteiger partial charge on any atom is -0.477 e. The van der Waals surface area contributed by atoms with E-state index in [1.165, 1.54) is 10.9 Å². The molecule has 0 bridgehead atoms. The Morgan fingerprint density at radius 3 is 2.49 bits per heavy atom. The van der Waals surface area contributed by atoms with Crippen molar-refractivity contribution < 1.29 is 19.1 Å². The molecule has 1 saturated heterocycles. The molecule has 0 amide bonds. The lowest BCUT2D eigenvalue weighted by molar-refractivity contribution is 0.0694. The van der Waals surface area contributed by atoms with Crippen molar-refractivity contribution in [1.29, 1.82) is 0 Å². The van der Waals surface area contributed by atoms with Crippen LogP contribution < -0.4 is 10.3 Å². The Morgan fingerprint density at radius 2 is 1.82 bits per heavy atom. The zero-order valence-electron chi connectivity index (χ0n) is 21.1. The van der Waals surface area contributed by atoms with Crippen LogP contribution in [0.2, 0.25) is 0 Å². The van der Waals surface area contributed by atoms with E-state index < -0.39 is 22.8 Å². The summed E-state index contributed by atoms with van der Waals surface area (Å²) in [6, 6.07) is 8.65.